The highest BCUT2D eigenvalue weighted by molar-refractivity contribution is 5.81. The Balaban J connectivity index is 1.65. The zero-order valence-electron chi connectivity index (χ0n) is 34.0. The Kier molecular flexibility index (Phi) is 18.3. The molecule has 0 radical (unpaired) electrons. The van der Waals surface area contributed by atoms with Crippen LogP contribution >= 0.6 is 0 Å². The van der Waals surface area contributed by atoms with Gasteiger partial charge in [0.2, 0.25) is 5.91 Å². The van der Waals surface area contributed by atoms with Crippen LogP contribution in [-0.4, -0.2) is 139 Å². The average Bonchev–Trinajstić information content (AvgIpc) is 3.21. The van der Waals surface area contributed by atoms with Crippen molar-refractivity contribution in [2.75, 3.05) is 19.8 Å². The van der Waals surface area contributed by atoms with Crippen molar-refractivity contribution in [3.8, 4) is 0 Å². The van der Waals surface area contributed by atoms with Gasteiger partial charge in [-0.3, -0.25) is 24.0 Å². The van der Waals surface area contributed by atoms with Gasteiger partial charge in [0.05, 0.1) is 13.2 Å². The van der Waals surface area contributed by atoms with Crippen LogP contribution in [0.3, 0.4) is 0 Å². The number of alkyl carbamates (subject to hydrolysis) is 1. The predicted molar refractivity (Wildman–Crippen MR) is 202 cm³/mol. The molecule has 2 aromatic carbocycles. The van der Waals surface area contributed by atoms with Crippen molar-refractivity contribution >= 4 is 41.8 Å². The summed E-state index contributed by atoms with van der Waals surface area (Å²) in [4.78, 5) is 87.9. The summed E-state index contributed by atoms with van der Waals surface area (Å²) in [5, 5.41) is 26.8. The normalized spacial score (nSPS) is 26.3. The van der Waals surface area contributed by atoms with E-state index in [-0.39, 0.29) is 13.2 Å². The molecule has 0 bridgehead atoms. The number of benzene rings is 2. The third kappa shape index (κ3) is 14.8. The monoisotopic (exact) mass is 862 g/mol. The number of amides is 2. The first kappa shape index (κ1) is 48.0. The molecule has 21 nitrogen and oxygen atoms in total. The van der Waals surface area contributed by atoms with Gasteiger partial charge in [-0.1, -0.05) is 60.7 Å². The van der Waals surface area contributed by atoms with Gasteiger partial charge < -0.3 is 68.2 Å². The van der Waals surface area contributed by atoms with Gasteiger partial charge in [0, 0.05) is 34.6 Å². The van der Waals surface area contributed by atoms with Crippen LogP contribution in [0.15, 0.2) is 60.7 Å². The summed E-state index contributed by atoms with van der Waals surface area (Å²) in [6.07, 6.45) is -16.0. The van der Waals surface area contributed by atoms with Crippen molar-refractivity contribution in [1.82, 2.24) is 10.6 Å². The second-order valence-electron chi connectivity index (χ2n) is 13.8. The Bertz CT molecular complexity index is 1800. The molecule has 11 atom stereocenters. The second kappa shape index (κ2) is 23.3. The standard InChI is InChI=1S/C40H50N2O19/c1-21(44)41-31-34(61-39-36(58-25(5)48)35(57-24(4)47)33(56-23(3)46)30(60-39)20-52-22(2)45)32(49)29(16-43)59-38(31)54-19-28(37(50)53-17-26-12-8-6-9-13-26)42-40(51)55-18-27-14-10-7-11-15-27/h6-15,28-36,38-39,43,49H,16-20H2,1-5H3,(H,41,44)(H,42,51)/t28-,29+,30+,31+,32-,33-,34+,35-,36+,38-,39-/m0/s1. The molecule has 61 heavy (non-hydrogen) atoms. The van der Waals surface area contributed by atoms with E-state index >= 15 is 0 Å². The molecule has 2 amide bonds. The van der Waals surface area contributed by atoms with E-state index in [1.807, 2.05) is 0 Å². The number of carbonyl (C=O) groups excluding carboxylic acids is 7. The van der Waals surface area contributed by atoms with Crippen LogP contribution in [0.25, 0.3) is 0 Å². The topological polar surface area (TPSA) is 276 Å². The minimum atomic E-state index is -1.85. The summed E-state index contributed by atoms with van der Waals surface area (Å²) >= 11 is 0. The van der Waals surface area contributed by atoms with Crippen molar-refractivity contribution in [2.24, 2.45) is 0 Å². The quantitative estimate of drug-likeness (QED) is 0.114. The Hall–Kier alpha value is -5.71. The SMILES string of the molecule is CC(=O)N[C@H]1[C@@H](OC[C@H](NC(=O)OCc2ccccc2)C(=O)OCc2ccccc2)O[C@H](CO)[C@H](O)[C@@H]1O[C@@H]1O[C@H](COC(C)=O)[C@H](OC(C)=O)[C@H](OC(C)=O)[C@H]1OC(C)=O. The fourth-order valence-corrected chi connectivity index (χ4v) is 6.31. The highest BCUT2D eigenvalue weighted by Crippen LogP contribution is 2.34. The molecule has 4 rings (SSSR count). The molecule has 2 heterocycles. The smallest absolute Gasteiger partial charge is 0.408 e. The Morgan fingerprint density at radius 3 is 1.74 bits per heavy atom. The van der Waals surface area contributed by atoms with Crippen molar-refractivity contribution in [3.05, 3.63) is 71.8 Å². The van der Waals surface area contributed by atoms with E-state index in [1.54, 1.807) is 60.7 Å². The number of hydrogen-bond acceptors (Lipinski definition) is 19. The van der Waals surface area contributed by atoms with E-state index in [1.165, 1.54) is 0 Å². The van der Waals surface area contributed by atoms with E-state index < -0.39 is 129 Å². The first-order valence-electron chi connectivity index (χ1n) is 19.0. The van der Waals surface area contributed by atoms with Crippen molar-refractivity contribution < 1.29 is 91.1 Å². The van der Waals surface area contributed by atoms with Gasteiger partial charge in [-0.2, -0.15) is 0 Å². The fraction of sp³-hybridized carbons (Fsp3) is 0.525. The lowest BCUT2D eigenvalue weighted by atomic mass is 9.95. The summed E-state index contributed by atoms with van der Waals surface area (Å²) in [5.41, 5.74) is 1.28. The number of nitrogens with one attached hydrogen (secondary N) is 2. The Labute approximate surface area is 350 Å². The molecule has 21 heteroatoms. The van der Waals surface area contributed by atoms with Crippen LogP contribution in [0.1, 0.15) is 45.7 Å². The maximum Gasteiger partial charge on any atom is 0.408 e. The van der Waals surface area contributed by atoms with Gasteiger partial charge >= 0.3 is 35.9 Å². The van der Waals surface area contributed by atoms with Gasteiger partial charge in [-0.05, 0) is 11.1 Å². The molecular formula is C40H50N2O19. The van der Waals surface area contributed by atoms with Crippen LogP contribution in [-0.2, 0) is 89.3 Å². The molecule has 2 aliphatic heterocycles. The number of esters is 5. The van der Waals surface area contributed by atoms with E-state index in [0.717, 1.165) is 34.6 Å². The van der Waals surface area contributed by atoms with Crippen LogP contribution < -0.4 is 10.6 Å². The molecule has 0 saturated carbocycles. The summed E-state index contributed by atoms with van der Waals surface area (Å²) in [6, 6.07) is 14.3. The number of ether oxygens (including phenoxy) is 10. The van der Waals surface area contributed by atoms with Crippen LogP contribution in [0.4, 0.5) is 4.79 Å². The molecule has 2 fully saturated rings. The van der Waals surface area contributed by atoms with Gasteiger partial charge in [0.1, 0.15) is 50.3 Å². The van der Waals surface area contributed by atoms with Crippen LogP contribution in [0.2, 0.25) is 0 Å². The lowest BCUT2D eigenvalue weighted by Gasteiger charge is -2.48. The van der Waals surface area contributed by atoms with Crippen molar-refractivity contribution in [1.29, 1.82) is 0 Å². The molecule has 0 unspecified atom stereocenters. The lowest BCUT2D eigenvalue weighted by molar-refractivity contribution is -0.346. The molecule has 2 aliphatic rings. The predicted octanol–water partition coefficient (Wildman–Crippen LogP) is 0.0925. The first-order valence-corrected chi connectivity index (χ1v) is 19.0. The molecule has 0 aliphatic carbocycles. The number of rotatable bonds is 18. The molecule has 0 spiro atoms. The fourth-order valence-electron chi connectivity index (χ4n) is 6.31. The summed E-state index contributed by atoms with van der Waals surface area (Å²) < 4.78 is 56.3. The first-order chi connectivity index (χ1) is 29.1. The Morgan fingerprint density at radius 1 is 0.656 bits per heavy atom. The van der Waals surface area contributed by atoms with Crippen LogP contribution in [0.5, 0.6) is 0 Å². The van der Waals surface area contributed by atoms with E-state index in [9.17, 15) is 43.8 Å². The van der Waals surface area contributed by atoms with Crippen molar-refractivity contribution in [3.63, 3.8) is 0 Å². The zero-order valence-corrected chi connectivity index (χ0v) is 34.0. The van der Waals surface area contributed by atoms with Gasteiger partial charge in [-0.15, -0.1) is 0 Å². The average molecular weight is 863 g/mol. The van der Waals surface area contributed by atoms with Crippen LogP contribution in [0, 0.1) is 0 Å². The van der Waals surface area contributed by atoms with Gasteiger partial charge in [0.25, 0.3) is 0 Å². The Morgan fingerprint density at radius 2 is 1.20 bits per heavy atom. The number of hydrogen-bond donors (Lipinski definition) is 4. The number of aliphatic hydroxyl groups excluding tert-OH is 2. The lowest BCUT2D eigenvalue weighted by Crippen LogP contribution is -2.69. The summed E-state index contributed by atoms with van der Waals surface area (Å²) in [6.45, 7) is 2.78. The maximum atomic E-state index is 13.5. The second-order valence-corrected chi connectivity index (χ2v) is 13.8. The zero-order chi connectivity index (χ0) is 44.6. The third-order valence-corrected chi connectivity index (χ3v) is 8.90. The maximum absolute atomic E-state index is 13.5. The number of carbonyl (C=O) groups is 7. The molecule has 2 aromatic rings. The van der Waals surface area contributed by atoms with Gasteiger partial charge in [-0.25, -0.2) is 9.59 Å². The number of aliphatic hydroxyl groups is 2. The van der Waals surface area contributed by atoms with E-state index in [4.69, 9.17) is 47.4 Å². The van der Waals surface area contributed by atoms with Gasteiger partial charge in [0.15, 0.2) is 36.9 Å². The minimum absolute atomic E-state index is 0.149. The highest BCUT2D eigenvalue weighted by Gasteiger charge is 2.56. The third-order valence-electron chi connectivity index (χ3n) is 8.90. The minimum Gasteiger partial charge on any atom is -0.463 e. The summed E-state index contributed by atoms with van der Waals surface area (Å²) in [7, 11) is 0. The van der Waals surface area contributed by atoms with E-state index in [0.29, 0.717) is 11.1 Å². The molecule has 334 valence electrons. The summed E-state index contributed by atoms with van der Waals surface area (Å²) in [5.74, 6) is -5.19. The van der Waals surface area contributed by atoms with Crippen molar-refractivity contribution in [2.45, 2.75) is 115 Å². The van der Waals surface area contributed by atoms with E-state index in [2.05, 4.69) is 10.6 Å². The molecule has 0 aromatic heterocycles. The molecule has 2 saturated heterocycles. The molecule has 4 N–H and O–H groups in total. The largest absolute Gasteiger partial charge is 0.463 e. The molecular weight excluding hydrogens is 812 g/mol. The highest BCUT2D eigenvalue weighted by atomic mass is 16.8.